The van der Waals surface area contributed by atoms with Crippen LogP contribution in [0.15, 0.2) is 29.2 Å². The Labute approximate surface area is 136 Å². The Morgan fingerprint density at radius 1 is 1.22 bits per heavy atom. The number of carbonyl (C=O) groups excluding carboxylic acids is 2. The number of benzene rings is 1. The first-order valence-corrected chi connectivity index (χ1v) is 7.90. The first-order valence-electron chi connectivity index (χ1n) is 6.92. The van der Waals surface area contributed by atoms with E-state index in [1.165, 1.54) is 6.07 Å². The second kappa shape index (κ2) is 9.29. The molecule has 5 nitrogen and oxygen atoms in total. The summed E-state index contributed by atoms with van der Waals surface area (Å²) in [4.78, 5) is 23.3. The van der Waals surface area contributed by atoms with Crippen molar-refractivity contribution in [3.63, 3.8) is 0 Å². The molecule has 0 saturated heterocycles. The van der Waals surface area contributed by atoms with Gasteiger partial charge in [-0.2, -0.15) is 13.2 Å². The van der Waals surface area contributed by atoms with Crippen LogP contribution in [0.4, 0.5) is 23.7 Å². The number of urea groups is 1. The molecule has 0 heterocycles. The van der Waals surface area contributed by atoms with Crippen molar-refractivity contribution in [2.45, 2.75) is 24.4 Å². The fourth-order valence-corrected chi connectivity index (χ4v) is 2.32. The van der Waals surface area contributed by atoms with Gasteiger partial charge >= 0.3 is 12.2 Å². The summed E-state index contributed by atoms with van der Waals surface area (Å²) < 4.78 is 36.8. The van der Waals surface area contributed by atoms with E-state index in [1.54, 1.807) is 18.2 Å². The number of alkyl halides is 3. The van der Waals surface area contributed by atoms with E-state index < -0.39 is 23.9 Å². The predicted molar refractivity (Wildman–Crippen MR) is 83.5 cm³/mol. The minimum Gasteiger partial charge on any atom is -0.375 e. The first kappa shape index (κ1) is 19.1. The van der Waals surface area contributed by atoms with E-state index in [9.17, 15) is 22.8 Å². The van der Waals surface area contributed by atoms with Gasteiger partial charge in [-0.05, 0) is 18.6 Å². The summed E-state index contributed by atoms with van der Waals surface area (Å²) >= 11 is 0.632. The van der Waals surface area contributed by atoms with Crippen molar-refractivity contribution in [1.29, 1.82) is 0 Å². The molecule has 3 amide bonds. The molecule has 0 aromatic heterocycles. The smallest absolute Gasteiger partial charge is 0.375 e. The van der Waals surface area contributed by atoms with Gasteiger partial charge in [0.1, 0.15) is 0 Å². The maximum atomic E-state index is 12.3. The van der Waals surface area contributed by atoms with Gasteiger partial charge in [0.25, 0.3) is 0 Å². The molecule has 0 saturated carbocycles. The second-order valence-electron chi connectivity index (χ2n) is 4.56. The third kappa shape index (κ3) is 8.34. The standard InChI is InChI=1S/C14H18F3N3O2S/c1-2-7-18-13(22)20-12(21)8-19-10-5-3-4-6-11(10)23-9-14(15,16)17/h3-6,19H,2,7-9H2,1H3,(H2,18,20,21,22). The molecule has 0 aliphatic heterocycles. The number of amides is 3. The highest BCUT2D eigenvalue weighted by molar-refractivity contribution is 7.99. The number of hydrogen-bond acceptors (Lipinski definition) is 4. The van der Waals surface area contributed by atoms with E-state index >= 15 is 0 Å². The molecule has 1 aromatic rings. The minimum absolute atomic E-state index is 0.219. The lowest BCUT2D eigenvalue weighted by molar-refractivity contribution is -0.118. The Morgan fingerprint density at radius 3 is 2.57 bits per heavy atom. The van der Waals surface area contributed by atoms with Crippen LogP contribution in [-0.4, -0.2) is 37.0 Å². The molecule has 9 heteroatoms. The van der Waals surface area contributed by atoms with Crippen LogP contribution in [0, 0.1) is 0 Å². The zero-order valence-electron chi connectivity index (χ0n) is 12.5. The fourth-order valence-electron chi connectivity index (χ4n) is 1.53. The average molecular weight is 349 g/mol. The molecule has 0 aliphatic rings. The van der Waals surface area contributed by atoms with E-state index in [4.69, 9.17) is 0 Å². The van der Waals surface area contributed by atoms with Gasteiger partial charge in [0.15, 0.2) is 0 Å². The molecule has 0 spiro atoms. The summed E-state index contributed by atoms with van der Waals surface area (Å²) in [6, 6.07) is 5.76. The molecule has 0 fully saturated rings. The van der Waals surface area contributed by atoms with Crippen molar-refractivity contribution >= 4 is 29.4 Å². The topological polar surface area (TPSA) is 70.2 Å². The largest absolute Gasteiger partial charge is 0.398 e. The first-order chi connectivity index (χ1) is 10.8. The Hall–Kier alpha value is -1.90. The number of nitrogens with one attached hydrogen (secondary N) is 3. The fraction of sp³-hybridized carbons (Fsp3) is 0.429. The lowest BCUT2D eigenvalue weighted by atomic mass is 10.3. The van der Waals surface area contributed by atoms with Crippen LogP contribution < -0.4 is 16.0 Å². The van der Waals surface area contributed by atoms with Crippen molar-refractivity contribution in [3.05, 3.63) is 24.3 Å². The maximum Gasteiger partial charge on any atom is 0.398 e. The van der Waals surface area contributed by atoms with Crippen molar-refractivity contribution in [2.75, 3.05) is 24.2 Å². The second-order valence-corrected chi connectivity index (χ2v) is 5.57. The van der Waals surface area contributed by atoms with Crippen molar-refractivity contribution in [3.8, 4) is 0 Å². The number of anilines is 1. The average Bonchev–Trinajstić information content (AvgIpc) is 2.49. The Morgan fingerprint density at radius 2 is 1.91 bits per heavy atom. The van der Waals surface area contributed by atoms with E-state index in [-0.39, 0.29) is 6.54 Å². The Balaban J connectivity index is 2.51. The van der Waals surface area contributed by atoms with Crippen LogP contribution in [0.2, 0.25) is 0 Å². The number of thioether (sulfide) groups is 1. The third-order valence-electron chi connectivity index (χ3n) is 2.51. The zero-order valence-corrected chi connectivity index (χ0v) is 13.3. The van der Waals surface area contributed by atoms with Crippen LogP contribution in [0.3, 0.4) is 0 Å². The van der Waals surface area contributed by atoms with Gasteiger partial charge in [-0.3, -0.25) is 10.1 Å². The molecule has 23 heavy (non-hydrogen) atoms. The molecule has 0 aliphatic carbocycles. The third-order valence-corrected chi connectivity index (χ3v) is 3.64. The molecule has 0 unspecified atom stereocenters. The minimum atomic E-state index is -4.27. The Kier molecular flexibility index (Phi) is 7.73. The van der Waals surface area contributed by atoms with Crippen LogP contribution in [0.25, 0.3) is 0 Å². The van der Waals surface area contributed by atoms with Crippen molar-refractivity contribution in [2.24, 2.45) is 0 Å². The molecule has 3 N–H and O–H groups in total. The summed E-state index contributed by atoms with van der Waals surface area (Å²) in [5.74, 6) is -1.59. The molecular formula is C14H18F3N3O2S. The van der Waals surface area contributed by atoms with Gasteiger partial charge in [-0.15, -0.1) is 11.8 Å². The van der Waals surface area contributed by atoms with E-state index in [0.29, 0.717) is 28.9 Å². The summed E-state index contributed by atoms with van der Waals surface area (Å²) in [7, 11) is 0. The number of halogens is 3. The highest BCUT2D eigenvalue weighted by Gasteiger charge is 2.27. The predicted octanol–water partition coefficient (Wildman–Crippen LogP) is 2.99. The molecule has 0 bridgehead atoms. The molecular weight excluding hydrogens is 331 g/mol. The lowest BCUT2D eigenvalue weighted by Gasteiger charge is -2.12. The van der Waals surface area contributed by atoms with Crippen LogP contribution in [0.5, 0.6) is 0 Å². The monoisotopic (exact) mass is 349 g/mol. The SMILES string of the molecule is CCCNC(=O)NC(=O)CNc1ccccc1SCC(F)(F)F. The highest BCUT2D eigenvalue weighted by Crippen LogP contribution is 2.31. The van der Waals surface area contributed by atoms with Crippen molar-refractivity contribution < 1.29 is 22.8 Å². The number of rotatable bonds is 7. The number of hydrogen-bond donors (Lipinski definition) is 3. The van der Waals surface area contributed by atoms with Crippen LogP contribution in [-0.2, 0) is 4.79 Å². The van der Waals surface area contributed by atoms with Gasteiger partial charge in [-0.25, -0.2) is 4.79 Å². The lowest BCUT2D eigenvalue weighted by Crippen LogP contribution is -2.42. The summed E-state index contributed by atoms with van der Waals surface area (Å²) in [6.07, 6.45) is -3.53. The van der Waals surface area contributed by atoms with E-state index in [2.05, 4.69) is 16.0 Å². The maximum absolute atomic E-state index is 12.3. The molecule has 1 aromatic carbocycles. The van der Waals surface area contributed by atoms with Gasteiger partial charge in [-0.1, -0.05) is 19.1 Å². The van der Waals surface area contributed by atoms with Gasteiger partial charge in [0.05, 0.1) is 12.3 Å². The van der Waals surface area contributed by atoms with E-state index in [1.807, 2.05) is 6.92 Å². The molecule has 0 atom stereocenters. The van der Waals surface area contributed by atoms with Crippen LogP contribution in [0.1, 0.15) is 13.3 Å². The molecule has 1 rings (SSSR count). The Bertz CT molecular complexity index is 538. The molecule has 0 radical (unpaired) electrons. The van der Waals surface area contributed by atoms with Gasteiger partial charge in [0, 0.05) is 17.1 Å². The number of para-hydroxylation sites is 1. The van der Waals surface area contributed by atoms with Crippen molar-refractivity contribution in [1.82, 2.24) is 10.6 Å². The van der Waals surface area contributed by atoms with E-state index in [0.717, 1.165) is 6.42 Å². The summed E-state index contributed by atoms with van der Waals surface area (Å²) in [5, 5.41) is 7.33. The van der Waals surface area contributed by atoms with Gasteiger partial charge < -0.3 is 10.6 Å². The highest BCUT2D eigenvalue weighted by atomic mass is 32.2. The summed E-state index contributed by atoms with van der Waals surface area (Å²) in [5.41, 5.74) is 0.408. The number of carbonyl (C=O) groups is 2. The van der Waals surface area contributed by atoms with Crippen LogP contribution >= 0.6 is 11.8 Å². The zero-order chi connectivity index (χ0) is 17.3. The molecule has 128 valence electrons. The quantitative estimate of drug-likeness (QED) is 0.662. The number of imide groups is 1. The normalized spacial score (nSPS) is 11.0. The summed E-state index contributed by atoms with van der Waals surface area (Å²) in [6.45, 7) is 2.10. The van der Waals surface area contributed by atoms with Gasteiger partial charge in [0.2, 0.25) is 5.91 Å².